The lowest BCUT2D eigenvalue weighted by atomic mass is 9.54. The molecule has 8 atom stereocenters. The average Bonchev–Trinajstić information content (AvgIpc) is 3.77. The van der Waals surface area contributed by atoms with Gasteiger partial charge in [0.1, 0.15) is 36.5 Å². The Hall–Kier alpha value is -4.86. The first-order valence-electron chi connectivity index (χ1n) is 16.4. The van der Waals surface area contributed by atoms with Crippen LogP contribution in [0.1, 0.15) is 49.3 Å². The predicted molar refractivity (Wildman–Crippen MR) is 170 cm³/mol. The minimum atomic E-state index is -0.828. The van der Waals surface area contributed by atoms with Crippen molar-refractivity contribution < 1.29 is 19.2 Å². The van der Waals surface area contributed by atoms with E-state index in [2.05, 4.69) is 33.4 Å². The Morgan fingerprint density at radius 1 is 0.630 bits per heavy atom. The van der Waals surface area contributed by atoms with Crippen LogP contribution in [0.25, 0.3) is 0 Å². The van der Waals surface area contributed by atoms with Crippen molar-refractivity contribution in [2.24, 2.45) is 0 Å². The van der Waals surface area contributed by atoms with E-state index in [1.54, 1.807) is 9.80 Å². The zero-order valence-corrected chi connectivity index (χ0v) is 25.5. The van der Waals surface area contributed by atoms with Crippen molar-refractivity contribution in [1.82, 2.24) is 20.4 Å². The first-order valence-corrected chi connectivity index (χ1v) is 16.4. The maximum Gasteiger partial charge on any atom is 0.247 e. The highest BCUT2D eigenvalue weighted by Crippen LogP contribution is 2.68. The van der Waals surface area contributed by atoms with Crippen molar-refractivity contribution in [2.75, 3.05) is 10.6 Å². The molecular formula is C36H36N6O4. The van der Waals surface area contributed by atoms with Gasteiger partial charge in [0, 0.05) is 17.8 Å². The van der Waals surface area contributed by atoms with Gasteiger partial charge in [0.25, 0.3) is 0 Å². The second-order valence-corrected chi connectivity index (χ2v) is 13.7. The zero-order chi connectivity index (χ0) is 31.4. The van der Waals surface area contributed by atoms with Gasteiger partial charge < -0.3 is 31.1 Å². The molecule has 10 nitrogen and oxygen atoms in total. The van der Waals surface area contributed by atoms with Gasteiger partial charge in [-0.3, -0.25) is 19.2 Å². The molecule has 234 valence electrons. The van der Waals surface area contributed by atoms with Gasteiger partial charge in [-0.15, -0.1) is 0 Å². The highest BCUT2D eigenvalue weighted by atomic mass is 16.2. The van der Waals surface area contributed by atoms with Gasteiger partial charge in [-0.2, -0.15) is 0 Å². The molecule has 4 N–H and O–H groups in total. The van der Waals surface area contributed by atoms with Crippen LogP contribution >= 0.6 is 0 Å². The number of benzene rings is 3. The Morgan fingerprint density at radius 2 is 1.11 bits per heavy atom. The molecule has 4 fully saturated rings. The van der Waals surface area contributed by atoms with Gasteiger partial charge in [0.15, 0.2) is 0 Å². The smallest absolute Gasteiger partial charge is 0.247 e. The quantitative estimate of drug-likeness (QED) is 0.350. The first-order chi connectivity index (χ1) is 22.4. The predicted octanol–water partition coefficient (Wildman–Crippen LogP) is 2.61. The Morgan fingerprint density at radius 3 is 1.65 bits per heavy atom. The fraction of sp³-hybridized carbons (Fsp3) is 0.389. The lowest BCUT2D eigenvalue weighted by molar-refractivity contribution is -0.149. The number of hydrogen-bond acceptors (Lipinski definition) is 6. The lowest BCUT2D eigenvalue weighted by Crippen LogP contribution is -2.66. The standard InChI is InChI=1S/C36H36N6O4/c1-2-10-25-31(45)41-27(29(43)37-25)18-35(21-13-6-8-15-23(21)39-33(35)41)36-19-28-30(44)38-26(17-20-11-4-3-5-12-20)32(46)42(28)34(36)40-24-16-9-7-14-22(24)36/h3-9,11-16,25-28,33-34,39-40H,2,10,17-19H2,1H3,(H,37,43)(H,38,44)/t25-,26-,27-,28-,33+,34+,35-,36+/m0/s1. The first kappa shape index (κ1) is 27.5. The Balaban J connectivity index is 1.23. The number of amides is 4. The van der Waals surface area contributed by atoms with Crippen LogP contribution in [0.4, 0.5) is 11.4 Å². The van der Waals surface area contributed by atoms with Gasteiger partial charge in [-0.1, -0.05) is 80.1 Å². The van der Waals surface area contributed by atoms with E-state index in [1.807, 2.05) is 73.7 Å². The van der Waals surface area contributed by atoms with Gasteiger partial charge >= 0.3 is 0 Å². The molecule has 46 heavy (non-hydrogen) atoms. The van der Waals surface area contributed by atoms with E-state index in [9.17, 15) is 19.2 Å². The van der Waals surface area contributed by atoms with Crippen LogP contribution in [0, 0.1) is 0 Å². The van der Waals surface area contributed by atoms with Crippen LogP contribution in [0.3, 0.4) is 0 Å². The normalized spacial score (nSPS) is 34.8. The van der Waals surface area contributed by atoms with Crippen LogP contribution in [0.15, 0.2) is 78.9 Å². The molecular weight excluding hydrogens is 580 g/mol. The molecule has 4 amide bonds. The van der Waals surface area contributed by atoms with E-state index in [-0.39, 0.29) is 23.6 Å². The molecule has 10 heteroatoms. The second kappa shape index (κ2) is 9.57. The van der Waals surface area contributed by atoms with E-state index in [4.69, 9.17) is 0 Å². The molecule has 6 aliphatic heterocycles. The highest BCUT2D eigenvalue weighted by Gasteiger charge is 2.78. The Labute approximate surface area is 266 Å². The second-order valence-electron chi connectivity index (χ2n) is 13.7. The third-order valence-corrected chi connectivity index (χ3v) is 11.6. The van der Waals surface area contributed by atoms with Crippen molar-refractivity contribution in [2.45, 2.75) is 86.4 Å². The third-order valence-electron chi connectivity index (χ3n) is 11.6. The number of piperazine rings is 2. The summed E-state index contributed by atoms with van der Waals surface area (Å²) >= 11 is 0. The van der Waals surface area contributed by atoms with Crippen molar-refractivity contribution in [3.8, 4) is 0 Å². The molecule has 3 aromatic carbocycles. The third kappa shape index (κ3) is 3.31. The number of fused-ring (bicyclic) bond motifs is 11. The molecule has 0 radical (unpaired) electrons. The summed E-state index contributed by atoms with van der Waals surface area (Å²) in [6.45, 7) is 2.01. The summed E-state index contributed by atoms with van der Waals surface area (Å²) in [5, 5.41) is 13.5. The molecule has 0 spiro atoms. The largest absolute Gasteiger partial charge is 0.364 e. The number of carbonyl (C=O) groups excluding carboxylic acids is 4. The lowest BCUT2D eigenvalue weighted by Gasteiger charge is -2.48. The summed E-state index contributed by atoms with van der Waals surface area (Å²) in [6, 6.07) is 23.3. The highest BCUT2D eigenvalue weighted by molar-refractivity contribution is 6.01. The molecule has 0 unspecified atom stereocenters. The monoisotopic (exact) mass is 616 g/mol. The number of carbonyl (C=O) groups is 4. The number of hydrogen-bond donors (Lipinski definition) is 4. The maximum absolute atomic E-state index is 14.5. The van der Waals surface area contributed by atoms with E-state index in [1.165, 1.54) is 0 Å². The molecule has 4 saturated heterocycles. The van der Waals surface area contributed by atoms with Crippen molar-refractivity contribution in [3.63, 3.8) is 0 Å². The van der Waals surface area contributed by atoms with E-state index in [0.717, 1.165) is 34.5 Å². The molecule has 6 heterocycles. The van der Waals surface area contributed by atoms with Crippen LogP contribution in [0.5, 0.6) is 0 Å². The maximum atomic E-state index is 14.5. The van der Waals surface area contributed by atoms with Gasteiger partial charge in [0.05, 0.1) is 10.8 Å². The van der Waals surface area contributed by atoms with Crippen molar-refractivity contribution >= 4 is 35.0 Å². The van der Waals surface area contributed by atoms with Crippen LogP contribution in [-0.2, 0) is 36.4 Å². The van der Waals surface area contributed by atoms with Gasteiger partial charge in [0.2, 0.25) is 23.6 Å². The molecule has 0 aromatic heterocycles. The molecule has 0 saturated carbocycles. The molecule has 9 rings (SSSR count). The van der Waals surface area contributed by atoms with Crippen LogP contribution in [0.2, 0.25) is 0 Å². The summed E-state index contributed by atoms with van der Waals surface area (Å²) in [7, 11) is 0. The van der Waals surface area contributed by atoms with E-state index < -0.39 is 47.3 Å². The summed E-state index contributed by atoms with van der Waals surface area (Å²) in [4.78, 5) is 60.2. The molecule has 3 aromatic rings. The van der Waals surface area contributed by atoms with E-state index >= 15 is 0 Å². The van der Waals surface area contributed by atoms with Crippen LogP contribution in [-0.4, -0.2) is 69.9 Å². The molecule has 6 aliphatic rings. The molecule has 0 aliphatic carbocycles. The zero-order valence-electron chi connectivity index (χ0n) is 25.5. The minimum Gasteiger partial charge on any atom is -0.364 e. The number of nitrogens with one attached hydrogen (secondary N) is 4. The van der Waals surface area contributed by atoms with E-state index in [0.29, 0.717) is 25.7 Å². The average molecular weight is 617 g/mol. The van der Waals surface area contributed by atoms with Gasteiger partial charge in [-0.05, 0) is 48.1 Å². The topological polar surface area (TPSA) is 123 Å². The Bertz CT molecular complexity index is 1810. The Kier molecular flexibility index (Phi) is 5.71. The number of anilines is 2. The minimum absolute atomic E-state index is 0.0849. The summed E-state index contributed by atoms with van der Waals surface area (Å²) in [6.07, 6.45) is 1.35. The summed E-state index contributed by atoms with van der Waals surface area (Å²) < 4.78 is 0. The number of rotatable bonds is 5. The SMILES string of the molecule is CCC[C@@H]1NC(=O)[C@@H]2C[C@]3([C@@]45C[C@H]6C(=O)N[C@@H](Cc7ccccc7)C(=O)N6[C@H]4Nc4ccccc45)c4ccccc4N[C@@H]3N2C1=O. The summed E-state index contributed by atoms with van der Waals surface area (Å²) in [5.74, 6) is -0.530. The van der Waals surface area contributed by atoms with Crippen LogP contribution < -0.4 is 21.3 Å². The fourth-order valence-electron chi connectivity index (χ4n) is 9.88. The van der Waals surface area contributed by atoms with Crippen molar-refractivity contribution in [1.29, 1.82) is 0 Å². The summed E-state index contributed by atoms with van der Waals surface area (Å²) in [5.41, 5.74) is 3.17. The van der Waals surface area contributed by atoms with Gasteiger partial charge in [-0.25, -0.2) is 0 Å². The fourth-order valence-corrected chi connectivity index (χ4v) is 9.88. The number of nitrogens with zero attached hydrogens (tertiary/aromatic N) is 2. The van der Waals surface area contributed by atoms with Crippen molar-refractivity contribution in [3.05, 3.63) is 95.6 Å². The number of para-hydroxylation sites is 2. The molecule has 0 bridgehead atoms.